The maximum atomic E-state index is 12.0. The molecule has 0 aliphatic carbocycles. The van der Waals surface area contributed by atoms with Crippen molar-refractivity contribution in [1.29, 1.82) is 0 Å². The molecule has 1 aromatic rings. The minimum Gasteiger partial charge on any atom is -0.467 e. The summed E-state index contributed by atoms with van der Waals surface area (Å²) in [7, 11) is 1.24. The molecule has 1 aliphatic heterocycles. The average Bonchev–Trinajstić information content (AvgIpc) is 2.53. The first kappa shape index (κ1) is 16.0. The summed E-state index contributed by atoms with van der Waals surface area (Å²) in [6, 6.07) is 5.77. The van der Waals surface area contributed by atoms with E-state index in [1.807, 2.05) is 12.1 Å². The van der Waals surface area contributed by atoms with E-state index in [1.165, 1.54) is 7.11 Å². The summed E-state index contributed by atoms with van der Waals surface area (Å²) < 4.78 is 4.75. The average molecular weight is 306 g/mol. The van der Waals surface area contributed by atoms with Crippen LogP contribution in [0.3, 0.4) is 0 Å². The topological polar surface area (TPSA) is 88.1 Å². The molecule has 0 fully saturated rings. The third-order valence-electron chi connectivity index (χ3n) is 3.45. The Morgan fingerprint density at radius 2 is 2.14 bits per heavy atom. The van der Waals surface area contributed by atoms with Gasteiger partial charge in [-0.1, -0.05) is 30.3 Å². The summed E-state index contributed by atoms with van der Waals surface area (Å²) in [5.41, 5.74) is 4.20. The molecule has 1 aliphatic rings. The van der Waals surface area contributed by atoms with Crippen molar-refractivity contribution >= 4 is 12.1 Å². The number of fused-ring (bicyclic) bond motifs is 1. The first-order valence-electron chi connectivity index (χ1n) is 6.74. The number of nitrogens with one attached hydrogen (secondary N) is 1. The van der Waals surface area contributed by atoms with E-state index >= 15 is 0 Å². The number of methoxy groups -OCH3 is 1. The van der Waals surface area contributed by atoms with Crippen LogP contribution in [-0.2, 0) is 14.4 Å². The van der Waals surface area contributed by atoms with E-state index in [4.69, 9.17) is 9.57 Å². The monoisotopic (exact) mass is 306 g/mol. The van der Waals surface area contributed by atoms with E-state index in [1.54, 1.807) is 18.2 Å². The zero-order chi connectivity index (χ0) is 16.1. The Balaban J connectivity index is 2.39. The normalized spacial score (nSPS) is 20.1. The smallest absolute Gasteiger partial charge is 0.408 e. The fourth-order valence-electron chi connectivity index (χ4n) is 2.51. The van der Waals surface area contributed by atoms with Crippen molar-refractivity contribution in [2.75, 3.05) is 20.3 Å². The van der Waals surface area contributed by atoms with Crippen LogP contribution in [0.1, 0.15) is 23.2 Å². The van der Waals surface area contributed by atoms with E-state index in [-0.39, 0.29) is 19.2 Å². The van der Waals surface area contributed by atoms with Crippen molar-refractivity contribution in [3.05, 3.63) is 48.0 Å². The molecule has 22 heavy (non-hydrogen) atoms. The maximum absolute atomic E-state index is 12.0. The largest absolute Gasteiger partial charge is 0.467 e. The van der Waals surface area contributed by atoms with Crippen LogP contribution >= 0.6 is 0 Å². The zero-order valence-electron chi connectivity index (χ0n) is 12.2. The van der Waals surface area contributed by atoms with Gasteiger partial charge in [0.25, 0.3) is 0 Å². The van der Waals surface area contributed by atoms with E-state index in [2.05, 4.69) is 12.1 Å². The van der Waals surface area contributed by atoms with Gasteiger partial charge in [-0.25, -0.2) is 9.59 Å². The second kappa shape index (κ2) is 7.06. The summed E-state index contributed by atoms with van der Waals surface area (Å²) in [6.45, 7) is 3.90. The minimum absolute atomic E-state index is 0.0727. The Morgan fingerprint density at radius 1 is 1.45 bits per heavy atom. The van der Waals surface area contributed by atoms with Gasteiger partial charge in [-0.2, -0.15) is 5.48 Å². The molecule has 7 heteroatoms. The number of carbonyl (C=O) groups is 2. The molecule has 2 N–H and O–H groups in total. The predicted octanol–water partition coefficient (Wildman–Crippen LogP) is 1.64. The Hall–Kier alpha value is -2.38. The minimum atomic E-state index is -1.19. The Bertz CT molecular complexity index is 575. The number of carbonyl (C=O) groups excluding carboxylic acids is 1. The Morgan fingerprint density at radius 3 is 2.73 bits per heavy atom. The van der Waals surface area contributed by atoms with Crippen molar-refractivity contribution in [1.82, 2.24) is 10.4 Å². The number of esters is 1. The second-order valence-electron chi connectivity index (χ2n) is 4.76. The van der Waals surface area contributed by atoms with Gasteiger partial charge in [-0.05, 0) is 11.1 Å². The molecule has 118 valence electrons. The highest BCUT2D eigenvalue weighted by molar-refractivity contribution is 5.83. The third kappa shape index (κ3) is 3.10. The lowest BCUT2D eigenvalue weighted by atomic mass is 9.90. The maximum Gasteiger partial charge on any atom is 0.408 e. The van der Waals surface area contributed by atoms with Gasteiger partial charge < -0.3 is 9.84 Å². The molecule has 0 saturated heterocycles. The SMILES string of the molecule is C=CCONC1CN(C(=O)O)C(C(=O)OC)c2ccccc21. The lowest BCUT2D eigenvalue weighted by molar-refractivity contribution is -0.147. The lowest BCUT2D eigenvalue weighted by Crippen LogP contribution is -2.47. The van der Waals surface area contributed by atoms with E-state index < -0.39 is 18.1 Å². The molecule has 0 radical (unpaired) electrons. The second-order valence-corrected chi connectivity index (χ2v) is 4.76. The van der Waals surface area contributed by atoms with Gasteiger partial charge in [-0.3, -0.25) is 9.74 Å². The number of hydrogen-bond donors (Lipinski definition) is 2. The summed E-state index contributed by atoms with van der Waals surface area (Å²) in [4.78, 5) is 29.8. The number of benzene rings is 1. The molecule has 1 amide bonds. The standard InChI is InChI=1S/C15H18N2O5/c1-3-8-22-16-12-9-17(15(19)20)13(14(18)21-2)11-7-5-4-6-10(11)12/h3-7,12-13,16H,1,8-9H2,2H3,(H,19,20). The number of rotatable bonds is 5. The molecule has 1 aromatic carbocycles. The molecule has 7 nitrogen and oxygen atoms in total. The molecular formula is C15H18N2O5. The highest BCUT2D eigenvalue weighted by Gasteiger charge is 2.40. The van der Waals surface area contributed by atoms with Crippen molar-refractivity contribution in [3.63, 3.8) is 0 Å². The molecular weight excluding hydrogens is 288 g/mol. The summed E-state index contributed by atoms with van der Waals surface area (Å²) in [5, 5.41) is 9.40. The highest BCUT2D eigenvalue weighted by atomic mass is 16.6. The van der Waals surface area contributed by atoms with Crippen molar-refractivity contribution in [3.8, 4) is 0 Å². The van der Waals surface area contributed by atoms with E-state index in [0.29, 0.717) is 5.56 Å². The van der Waals surface area contributed by atoms with Crippen LogP contribution in [0.5, 0.6) is 0 Å². The van der Waals surface area contributed by atoms with Crippen LogP contribution < -0.4 is 5.48 Å². The van der Waals surface area contributed by atoms with Gasteiger partial charge >= 0.3 is 12.1 Å². The van der Waals surface area contributed by atoms with Gasteiger partial charge in [0, 0.05) is 6.54 Å². The quantitative estimate of drug-likeness (QED) is 0.372. The molecule has 1 heterocycles. The van der Waals surface area contributed by atoms with Gasteiger partial charge in [0.15, 0.2) is 6.04 Å². The number of nitrogens with zero attached hydrogens (tertiary/aromatic N) is 1. The first-order chi connectivity index (χ1) is 10.6. The fourth-order valence-corrected chi connectivity index (χ4v) is 2.51. The third-order valence-corrected chi connectivity index (χ3v) is 3.45. The molecule has 2 rings (SSSR count). The summed E-state index contributed by atoms with van der Waals surface area (Å²) in [5.74, 6) is -0.611. The van der Waals surface area contributed by atoms with E-state index in [0.717, 1.165) is 10.5 Å². The lowest BCUT2D eigenvalue weighted by Gasteiger charge is -2.37. The summed E-state index contributed by atoms with van der Waals surface area (Å²) >= 11 is 0. The molecule has 0 saturated carbocycles. The predicted molar refractivity (Wildman–Crippen MR) is 78.0 cm³/mol. The molecule has 0 aromatic heterocycles. The van der Waals surface area contributed by atoms with Crippen LogP contribution in [0.4, 0.5) is 4.79 Å². The van der Waals surface area contributed by atoms with Gasteiger partial charge in [0.2, 0.25) is 0 Å². The molecule has 0 spiro atoms. The number of amides is 1. The summed E-state index contributed by atoms with van der Waals surface area (Å²) in [6.07, 6.45) is 0.383. The van der Waals surface area contributed by atoms with E-state index in [9.17, 15) is 14.7 Å². The van der Waals surface area contributed by atoms with Crippen LogP contribution in [0.25, 0.3) is 0 Å². The zero-order valence-corrected chi connectivity index (χ0v) is 12.2. The molecule has 2 atom stereocenters. The van der Waals surface area contributed by atoms with Crippen LogP contribution in [0.15, 0.2) is 36.9 Å². The van der Waals surface area contributed by atoms with Crippen LogP contribution in [-0.4, -0.2) is 42.3 Å². The number of hydrogen-bond acceptors (Lipinski definition) is 5. The van der Waals surface area contributed by atoms with Crippen LogP contribution in [0, 0.1) is 0 Å². The Kier molecular flexibility index (Phi) is 5.13. The van der Waals surface area contributed by atoms with Crippen molar-refractivity contribution < 1.29 is 24.3 Å². The van der Waals surface area contributed by atoms with Gasteiger partial charge in [-0.15, -0.1) is 6.58 Å². The van der Waals surface area contributed by atoms with Crippen molar-refractivity contribution in [2.45, 2.75) is 12.1 Å². The van der Waals surface area contributed by atoms with Crippen molar-refractivity contribution in [2.24, 2.45) is 0 Å². The molecule has 0 bridgehead atoms. The number of hydroxylamine groups is 1. The van der Waals surface area contributed by atoms with Crippen LogP contribution in [0.2, 0.25) is 0 Å². The number of carboxylic acid groups (broad SMARTS) is 1. The van der Waals surface area contributed by atoms with Gasteiger partial charge in [0.05, 0.1) is 19.8 Å². The number of ether oxygens (including phenoxy) is 1. The fraction of sp³-hybridized carbons (Fsp3) is 0.333. The highest BCUT2D eigenvalue weighted by Crippen LogP contribution is 2.35. The Labute approximate surface area is 128 Å². The first-order valence-corrected chi connectivity index (χ1v) is 6.74. The van der Waals surface area contributed by atoms with Gasteiger partial charge in [0.1, 0.15) is 0 Å². The molecule has 2 unspecified atom stereocenters.